The summed E-state index contributed by atoms with van der Waals surface area (Å²) in [7, 11) is 0. The van der Waals surface area contributed by atoms with Crippen LogP contribution in [0.2, 0.25) is 0 Å². The molecule has 0 aliphatic heterocycles. The van der Waals surface area contributed by atoms with Gasteiger partial charge in [0, 0.05) is 11.4 Å². The molecule has 1 aliphatic rings. The summed E-state index contributed by atoms with van der Waals surface area (Å²) >= 11 is 1.21. The number of anilines is 1. The van der Waals surface area contributed by atoms with Gasteiger partial charge in [0.15, 0.2) is 0 Å². The third-order valence-corrected chi connectivity index (χ3v) is 5.92. The number of carbonyl (C=O) groups is 1. The van der Waals surface area contributed by atoms with Crippen LogP contribution >= 0.6 is 11.8 Å². The van der Waals surface area contributed by atoms with Gasteiger partial charge in [-0.1, -0.05) is 44.4 Å². The zero-order chi connectivity index (χ0) is 19.4. The number of alkyl halides is 3. The topological polar surface area (TPSA) is 42.0 Å². The summed E-state index contributed by atoms with van der Waals surface area (Å²) in [5, 5.41) is 4.02. The highest BCUT2D eigenvalue weighted by Crippen LogP contribution is 2.38. The zero-order valence-corrected chi connectivity index (χ0v) is 16.1. The fraction of sp³-hybridized carbons (Fsp3) is 0.500. The van der Waals surface area contributed by atoms with E-state index in [0.717, 1.165) is 38.5 Å². The predicted octanol–water partition coefficient (Wildman–Crippen LogP) is 6.23. The summed E-state index contributed by atoms with van der Waals surface area (Å²) in [6.45, 7) is 1.94. The number of benzene rings is 1. The van der Waals surface area contributed by atoms with E-state index in [0.29, 0.717) is 16.7 Å². The first-order valence-corrected chi connectivity index (χ1v) is 10.3. The van der Waals surface area contributed by atoms with E-state index in [9.17, 15) is 18.0 Å². The molecule has 146 valence electrons. The maximum atomic E-state index is 13.4. The van der Waals surface area contributed by atoms with Gasteiger partial charge in [0.1, 0.15) is 5.03 Å². The number of hydrogen-bond donors (Lipinski definition) is 1. The molecule has 1 fully saturated rings. The van der Waals surface area contributed by atoms with Gasteiger partial charge in [0.2, 0.25) is 0 Å². The molecule has 0 saturated heterocycles. The SMILES string of the molecule is CCCSc1nc2ccccc2c(NC2CCCCC2)c1C(=O)C(F)(F)F. The Morgan fingerprint density at radius 3 is 2.59 bits per heavy atom. The molecule has 2 aromatic rings. The fourth-order valence-corrected chi connectivity index (χ4v) is 4.35. The molecule has 1 aromatic heterocycles. The maximum absolute atomic E-state index is 13.4. The van der Waals surface area contributed by atoms with E-state index in [4.69, 9.17) is 0 Å². The van der Waals surface area contributed by atoms with E-state index in [1.54, 1.807) is 24.3 Å². The van der Waals surface area contributed by atoms with Crippen molar-refractivity contribution in [3.05, 3.63) is 29.8 Å². The van der Waals surface area contributed by atoms with Crippen LogP contribution in [0.3, 0.4) is 0 Å². The number of thioether (sulfide) groups is 1. The second-order valence-electron chi connectivity index (χ2n) is 6.84. The minimum absolute atomic E-state index is 0.0772. The summed E-state index contributed by atoms with van der Waals surface area (Å²) in [6, 6.07) is 7.15. The Balaban J connectivity index is 2.17. The van der Waals surface area contributed by atoms with Crippen molar-refractivity contribution in [1.29, 1.82) is 0 Å². The molecule has 0 radical (unpaired) electrons. The average Bonchev–Trinajstić information content (AvgIpc) is 2.66. The average molecular weight is 396 g/mol. The first-order chi connectivity index (χ1) is 12.9. The number of hydrogen-bond acceptors (Lipinski definition) is 4. The molecule has 27 heavy (non-hydrogen) atoms. The minimum atomic E-state index is -4.94. The molecule has 3 nitrogen and oxygen atoms in total. The molecule has 0 bridgehead atoms. The third kappa shape index (κ3) is 4.57. The van der Waals surface area contributed by atoms with Gasteiger partial charge < -0.3 is 5.32 Å². The molecule has 7 heteroatoms. The summed E-state index contributed by atoms with van der Waals surface area (Å²) in [5.74, 6) is -1.22. The van der Waals surface area contributed by atoms with Crippen molar-refractivity contribution in [1.82, 2.24) is 4.98 Å². The molecule has 1 aliphatic carbocycles. The van der Waals surface area contributed by atoms with Crippen molar-refractivity contribution in [2.45, 2.75) is 62.7 Å². The van der Waals surface area contributed by atoms with E-state index in [-0.39, 0.29) is 22.3 Å². The highest BCUT2D eigenvalue weighted by Gasteiger charge is 2.43. The lowest BCUT2D eigenvalue weighted by molar-refractivity contribution is -0.0886. The number of aromatic nitrogens is 1. The van der Waals surface area contributed by atoms with Crippen molar-refractivity contribution in [3.8, 4) is 0 Å². The minimum Gasteiger partial charge on any atom is -0.381 e. The molecule has 3 rings (SSSR count). The monoisotopic (exact) mass is 396 g/mol. The number of halogens is 3. The Kier molecular flexibility index (Phi) is 6.29. The fourth-order valence-electron chi connectivity index (χ4n) is 3.45. The van der Waals surface area contributed by atoms with E-state index >= 15 is 0 Å². The van der Waals surface area contributed by atoms with Crippen LogP contribution in [0.25, 0.3) is 10.9 Å². The molecule has 1 saturated carbocycles. The quantitative estimate of drug-likeness (QED) is 0.464. The number of para-hydroxylation sites is 1. The number of fused-ring (bicyclic) bond motifs is 1. The van der Waals surface area contributed by atoms with E-state index in [1.165, 1.54) is 11.8 Å². The van der Waals surface area contributed by atoms with Crippen LogP contribution in [0.5, 0.6) is 0 Å². The molecule has 0 unspecified atom stereocenters. The molecule has 1 aromatic carbocycles. The van der Waals surface area contributed by atoms with Crippen LogP contribution in [-0.4, -0.2) is 28.7 Å². The van der Waals surface area contributed by atoms with E-state index in [2.05, 4.69) is 10.3 Å². The molecule has 0 amide bonds. The molecule has 0 spiro atoms. The summed E-state index contributed by atoms with van der Waals surface area (Å²) in [4.78, 5) is 16.7. The largest absolute Gasteiger partial charge is 0.455 e. The Bertz CT molecular complexity index is 817. The summed E-state index contributed by atoms with van der Waals surface area (Å²) < 4.78 is 40.1. The van der Waals surface area contributed by atoms with Gasteiger partial charge in [-0.05, 0) is 31.1 Å². The van der Waals surface area contributed by atoms with Crippen molar-refractivity contribution in [2.24, 2.45) is 0 Å². The molecule has 0 atom stereocenters. The molecular formula is C20H23F3N2OS. The second kappa shape index (κ2) is 8.50. The van der Waals surface area contributed by atoms with Crippen LogP contribution in [0, 0.1) is 0 Å². The highest BCUT2D eigenvalue weighted by atomic mass is 32.2. The van der Waals surface area contributed by atoms with Gasteiger partial charge in [-0.3, -0.25) is 4.79 Å². The smallest absolute Gasteiger partial charge is 0.381 e. The second-order valence-corrected chi connectivity index (χ2v) is 7.92. The van der Waals surface area contributed by atoms with Crippen molar-refractivity contribution in [3.63, 3.8) is 0 Å². The Morgan fingerprint density at radius 2 is 1.93 bits per heavy atom. The highest BCUT2D eigenvalue weighted by molar-refractivity contribution is 7.99. The van der Waals surface area contributed by atoms with Gasteiger partial charge in [-0.15, -0.1) is 11.8 Å². The van der Waals surface area contributed by atoms with Crippen LogP contribution in [0.1, 0.15) is 55.8 Å². The third-order valence-electron chi connectivity index (χ3n) is 4.74. The zero-order valence-electron chi connectivity index (χ0n) is 15.2. The van der Waals surface area contributed by atoms with Crippen LogP contribution in [-0.2, 0) is 0 Å². The maximum Gasteiger partial charge on any atom is 0.455 e. The lowest BCUT2D eigenvalue weighted by Crippen LogP contribution is -2.28. The van der Waals surface area contributed by atoms with Gasteiger partial charge in [-0.2, -0.15) is 13.2 Å². The van der Waals surface area contributed by atoms with E-state index in [1.807, 2.05) is 6.92 Å². The lowest BCUT2D eigenvalue weighted by atomic mass is 9.94. The van der Waals surface area contributed by atoms with E-state index < -0.39 is 12.0 Å². The van der Waals surface area contributed by atoms with Gasteiger partial charge in [0.05, 0.1) is 16.8 Å². The predicted molar refractivity (Wildman–Crippen MR) is 104 cm³/mol. The Labute approximate surface area is 161 Å². The van der Waals surface area contributed by atoms with Gasteiger partial charge in [-0.25, -0.2) is 4.98 Å². The number of Topliss-reactive ketones (excluding diaryl/α,β-unsaturated/α-hetero) is 1. The molecule has 1 heterocycles. The summed E-state index contributed by atoms with van der Waals surface area (Å²) in [5.41, 5.74) is 0.562. The number of rotatable bonds is 6. The van der Waals surface area contributed by atoms with Gasteiger partial charge >= 0.3 is 6.18 Å². The van der Waals surface area contributed by atoms with Crippen LogP contribution in [0.15, 0.2) is 29.3 Å². The first kappa shape index (κ1) is 20.0. The van der Waals surface area contributed by atoms with Crippen molar-refractivity contribution in [2.75, 3.05) is 11.1 Å². The Morgan fingerprint density at radius 1 is 1.22 bits per heavy atom. The first-order valence-electron chi connectivity index (χ1n) is 9.35. The number of pyridine rings is 1. The number of nitrogens with one attached hydrogen (secondary N) is 1. The number of carbonyl (C=O) groups excluding carboxylic acids is 1. The molecule has 1 N–H and O–H groups in total. The van der Waals surface area contributed by atoms with Crippen molar-refractivity contribution >= 4 is 34.1 Å². The standard InChI is InChI=1S/C20H23F3N2OS/c1-2-12-27-19-16(18(26)20(21,22)23)17(24-13-8-4-3-5-9-13)14-10-6-7-11-15(14)25-19/h6-7,10-11,13H,2-5,8-9,12H2,1H3,(H,24,25). The van der Waals surface area contributed by atoms with Gasteiger partial charge in [0.25, 0.3) is 5.78 Å². The van der Waals surface area contributed by atoms with Crippen LogP contribution in [0.4, 0.5) is 18.9 Å². The number of ketones is 1. The normalized spacial score (nSPS) is 15.9. The summed E-state index contributed by atoms with van der Waals surface area (Å²) in [6.07, 6.45) is 0.864. The number of nitrogens with zero attached hydrogens (tertiary/aromatic N) is 1. The molecular weight excluding hydrogens is 373 g/mol. The Hall–Kier alpha value is -1.76. The van der Waals surface area contributed by atoms with Crippen LogP contribution < -0.4 is 5.32 Å². The van der Waals surface area contributed by atoms with Crippen molar-refractivity contribution < 1.29 is 18.0 Å². The lowest BCUT2D eigenvalue weighted by Gasteiger charge is -2.26.